The van der Waals surface area contributed by atoms with E-state index in [4.69, 9.17) is 4.74 Å². The van der Waals surface area contributed by atoms with Crippen LogP contribution in [0.1, 0.15) is 162 Å². The molecule has 0 heterocycles. The molecule has 4 heteroatoms. The van der Waals surface area contributed by atoms with E-state index in [0.29, 0.717) is 12.8 Å². The Morgan fingerprint density at radius 2 is 1.13 bits per heavy atom. The number of aliphatic carboxylic acids is 1. The Balaban J connectivity index is 3.75. The van der Waals surface area contributed by atoms with Crippen LogP contribution in [0.3, 0.4) is 0 Å². The largest absolute Gasteiger partial charge is 0.481 e. The van der Waals surface area contributed by atoms with Crippen molar-refractivity contribution < 1.29 is 19.4 Å². The van der Waals surface area contributed by atoms with Gasteiger partial charge in [0.15, 0.2) is 0 Å². The van der Waals surface area contributed by atoms with E-state index in [0.717, 1.165) is 57.8 Å². The van der Waals surface area contributed by atoms with Crippen molar-refractivity contribution >= 4 is 11.9 Å². The minimum Gasteiger partial charge on any atom is -0.481 e. The van der Waals surface area contributed by atoms with E-state index in [1.54, 1.807) is 0 Å². The van der Waals surface area contributed by atoms with Gasteiger partial charge >= 0.3 is 11.9 Å². The molecule has 1 atom stereocenters. The first-order valence-electron chi connectivity index (χ1n) is 16.0. The average Bonchev–Trinajstić information content (AvgIpc) is 2.89. The number of carboxylic acids is 1. The minimum atomic E-state index is -0.889. The summed E-state index contributed by atoms with van der Waals surface area (Å²) in [6.07, 6.45) is 37.2. The number of unbranched alkanes of at least 4 members (excludes halogenated alkanes) is 15. The maximum atomic E-state index is 12.2. The second kappa shape index (κ2) is 29.7. The molecule has 0 aromatic rings. The second-order valence-electron chi connectivity index (χ2n) is 10.6. The Bertz CT molecular complexity index is 620. The lowest BCUT2D eigenvalue weighted by Crippen LogP contribution is -2.21. The van der Waals surface area contributed by atoms with Gasteiger partial charge in [0.1, 0.15) is 6.10 Å². The molecular weight excluding hydrogens is 472 g/mol. The molecule has 0 aliphatic rings. The molecule has 0 aliphatic heterocycles. The number of rotatable bonds is 28. The van der Waals surface area contributed by atoms with Crippen molar-refractivity contribution in [2.45, 2.75) is 168 Å². The predicted octanol–water partition coefficient (Wildman–Crippen LogP) is 10.7. The molecule has 1 N–H and O–H groups in total. The smallest absolute Gasteiger partial charge is 0.307 e. The molecule has 0 aromatic heterocycles. The van der Waals surface area contributed by atoms with Crippen molar-refractivity contribution in [2.24, 2.45) is 0 Å². The summed E-state index contributed by atoms with van der Waals surface area (Å²) < 4.78 is 5.53. The van der Waals surface area contributed by atoms with Crippen LogP contribution in [0.4, 0.5) is 0 Å². The van der Waals surface area contributed by atoms with Crippen LogP contribution in [0, 0.1) is 0 Å². The van der Waals surface area contributed by atoms with E-state index >= 15 is 0 Å². The lowest BCUT2D eigenvalue weighted by Gasteiger charge is -2.16. The summed E-state index contributed by atoms with van der Waals surface area (Å²) in [5.74, 6) is -1.12. The third-order valence-corrected chi connectivity index (χ3v) is 6.86. The van der Waals surface area contributed by atoms with Crippen LogP contribution in [0.15, 0.2) is 36.5 Å². The first-order valence-corrected chi connectivity index (χ1v) is 16.0. The van der Waals surface area contributed by atoms with Crippen molar-refractivity contribution in [1.82, 2.24) is 0 Å². The van der Waals surface area contributed by atoms with Crippen LogP contribution in [-0.2, 0) is 14.3 Å². The standard InChI is InChI=1S/C34H60O4/c1-3-5-7-9-11-13-15-16-17-18-20-22-24-26-28-30-34(37)38-32(31-33(35)36)29-27-25-23-21-19-14-12-10-8-6-4-2/h5,7,11,13,16-17,32H,3-4,6,8-10,12,14-15,18-31H2,1-2H3,(H,35,36)/b7-5-,13-11-,17-16-. The fraction of sp³-hybridized carbons (Fsp3) is 0.765. The van der Waals surface area contributed by atoms with Crippen LogP contribution in [-0.4, -0.2) is 23.1 Å². The minimum absolute atomic E-state index is 0.0806. The maximum Gasteiger partial charge on any atom is 0.307 e. The molecule has 0 fully saturated rings. The van der Waals surface area contributed by atoms with Gasteiger partial charge in [-0.2, -0.15) is 0 Å². The van der Waals surface area contributed by atoms with Gasteiger partial charge in [-0.1, -0.05) is 134 Å². The van der Waals surface area contributed by atoms with Crippen molar-refractivity contribution in [3.8, 4) is 0 Å². The molecule has 0 aliphatic carbocycles. The summed E-state index contributed by atoms with van der Waals surface area (Å²) >= 11 is 0. The Morgan fingerprint density at radius 3 is 1.71 bits per heavy atom. The number of carboxylic acid groups (broad SMARTS) is 1. The molecule has 0 spiro atoms. The average molecular weight is 533 g/mol. The number of carbonyl (C=O) groups is 2. The SMILES string of the molecule is CC/C=C\C/C=C\C/C=C\CCCCCCCC(=O)OC(CCCCCCCCCCCCC)CC(=O)O. The highest BCUT2D eigenvalue weighted by Gasteiger charge is 2.17. The van der Waals surface area contributed by atoms with Gasteiger partial charge in [-0.3, -0.25) is 9.59 Å². The molecule has 0 amide bonds. The number of carbonyl (C=O) groups excluding carboxylic acids is 1. The molecule has 0 aromatic carbocycles. The van der Waals surface area contributed by atoms with Gasteiger partial charge in [0.05, 0.1) is 6.42 Å². The van der Waals surface area contributed by atoms with E-state index in [1.165, 1.54) is 70.6 Å². The molecule has 1 unspecified atom stereocenters. The number of hydrogen-bond acceptors (Lipinski definition) is 3. The van der Waals surface area contributed by atoms with E-state index in [1.807, 2.05) is 0 Å². The van der Waals surface area contributed by atoms with E-state index in [2.05, 4.69) is 50.3 Å². The highest BCUT2D eigenvalue weighted by atomic mass is 16.5. The van der Waals surface area contributed by atoms with Crippen LogP contribution in [0.5, 0.6) is 0 Å². The summed E-state index contributed by atoms with van der Waals surface area (Å²) in [7, 11) is 0. The molecule has 0 bridgehead atoms. The lowest BCUT2D eigenvalue weighted by molar-refractivity contribution is -0.153. The summed E-state index contributed by atoms with van der Waals surface area (Å²) in [4.78, 5) is 23.4. The molecule has 220 valence electrons. The van der Waals surface area contributed by atoms with Gasteiger partial charge in [-0.25, -0.2) is 0 Å². The zero-order valence-corrected chi connectivity index (χ0v) is 25.0. The Morgan fingerprint density at radius 1 is 0.632 bits per heavy atom. The quantitative estimate of drug-likeness (QED) is 0.0618. The van der Waals surface area contributed by atoms with Crippen molar-refractivity contribution in [2.75, 3.05) is 0 Å². The summed E-state index contributed by atoms with van der Waals surface area (Å²) in [6.45, 7) is 4.40. The summed E-state index contributed by atoms with van der Waals surface area (Å²) in [5.41, 5.74) is 0. The molecule has 0 saturated carbocycles. The van der Waals surface area contributed by atoms with Crippen LogP contribution in [0.2, 0.25) is 0 Å². The van der Waals surface area contributed by atoms with Gasteiger partial charge in [-0.15, -0.1) is 0 Å². The molecule has 0 rings (SSSR count). The lowest BCUT2D eigenvalue weighted by atomic mass is 10.0. The van der Waals surface area contributed by atoms with Gasteiger partial charge in [0, 0.05) is 6.42 Å². The first kappa shape index (κ1) is 36.2. The third kappa shape index (κ3) is 28.7. The van der Waals surface area contributed by atoms with Crippen molar-refractivity contribution in [1.29, 1.82) is 0 Å². The number of hydrogen-bond donors (Lipinski definition) is 1. The Hall–Kier alpha value is -1.84. The normalized spacial score (nSPS) is 12.7. The van der Waals surface area contributed by atoms with E-state index < -0.39 is 12.1 Å². The Labute approximate surface area is 235 Å². The van der Waals surface area contributed by atoms with Gasteiger partial charge in [-0.05, 0) is 51.4 Å². The summed E-state index contributed by atoms with van der Waals surface area (Å²) in [5, 5.41) is 9.19. The van der Waals surface area contributed by atoms with Crippen molar-refractivity contribution in [3.63, 3.8) is 0 Å². The van der Waals surface area contributed by atoms with Crippen LogP contribution < -0.4 is 0 Å². The molecule has 0 radical (unpaired) electrons. The van der Waals surface area contributed by atoms with E-state index in [-0.39, 0.29) is 12.4 Å². The van der Waals surface area contributed by atoms with Gasteiger partial charge < -0.3 is 9.84 Å². The summed E-state index contributed by atoms with van der Waals surface area (Å²) in [6, 6.07) is 0. The van der Waals surface area contributed by atoms with E-state index in [9.17, 15) is 14.7 Å². The Kier molecular flexibility index (Phi) is 28.3. The number of allylic oxidation sites excluding steroid dienone is 6. The van der Waals surface area contributed by atoms with Gasteiger partial charge in [0.25, 0.3) is 0 Å². The number of ether oxygens (including phenoxy) is 1. The highest BCUT2D eigenvalue weighted by Crippen LogP contribution is 2.16. The highest BCUT2D eigenvalue weighted by molar-refractivity contribution is 5.71. The zero-order valence-electron chi connectivity index (χ0n) is 25.0. The van der Waals surface area contributed by atoms with Crippen LogP contribution >= 0.6 is 0 Å². The molecular formula is C34H60O4. The fourth-order valence-electron chi connectivity index (χ4n) is 4.57. The topological polar surface area (TPSA) is 63.6 Å². The molecule has 0 saturated heterocycles. The van der Waals surface area contributed by atoms with Crippen LogP contribution in [0.25, 0.3) is 0 Å². The predicted molar refractivity (Wildman–Crippen MR) is 162 cm³/mol. The first-order chi connectivity index (χ1) is 18.6. The second-order valence-corrected chi connectivity index (χ2v) is 10.6. The van der Waals surface area contributed by atoms with Crippen molar-refractivity contribution in [3.05, 3.63) is 36.5 Å². The maximum absolute atomic E-state index is 12.2. The zero-order chi connectivity index (χ0) is 27.9. The molecule has 38 heavy (non-hydrogen) atoms. The molecule has 4 nitrogen and oxygen atoms in total. The third-order valence-electron chi connectivity index (χ3n) is 6.86. The monoisotopic (exact) mass is 532 g/mol. The fourth-order valence-corrected chi connectivity index (χ4v) is 4.57. The van der Waals surface area contributed by atoms with Gasteiger partial charge in [0.2, 0.25) is 0 Å². The number of esters is 1.